The van der Waals surface area contributed by atoms with Gasteiger partial charge in [-0.25, -0.2) is 0 Å². The van der Waals surface area contributed by atoms with Gasteiger partial charge in [-0.3, -0.25) is 9.48 Å². The van der Waals surface area contributed by atoms with Crippen LogP contribution in [0.5, 0.6) is 0 Å². The van der Waals surface area contributed by atoms with Gasteiger partial charge in [-0.2, -0.15) is 5.10 Å². The van der Waals surface area contributed by atoms with E-state index in [9.17, 15) is 4.79 Å². The maximum absolute atomic E-state index is 13.1. The minimum atomic E-state index is -0.407. The maximum atomic E-state index is 13.1. The number of nitrogens with zero attached hydrogens (tertiary/aromatic N) is 2. The number of allylic oxidation sites excluding steroid dienone is 1. The highest BCUT2D eigenvalue weighted by Gasteiger charge is 2.30. The van der Waals surface area contributed by atoms with Crippen molar-refractivity contribution in [2.75, 3.05) is 5.32 Å². The predicted molar refractivity (Wildman–Crippen MR) is 122 cm³/mol. The van der Waals surface area contributed by atoms with Crippen LogP contribution in [0.15, 0.2) is 78.3 Å². The van der Waals surface area contributed by atoms with Crippen LogP contribution < -0.4 is 16.0 Å². The summed E-state index contributed by atoms with van der Waals surface area (Å²) < 4.78 is 1.85. The van der Waals surface area contributed by atoms with Crippen LogP contribution in [0.25, 0.3) is 0 Å². The van der Waals surface area contributed by atoms with E-state index in [2.05, 4.69) is 21.0 Å². The van der Waals surface area contributed by atoms with Crippen LogP contribution in [0.1, 0.15) is 24.1 Å². The SMILES string of the molecule is CC1=C(C(=O)Nc2ccc(Cl)cc2)C(c2cnn(Cc3ccccc3)c2)NC(=S)N1. The summed E-state index contributed by atoms with van der Waals surface area (Å²) in [5.74, 6) is -0.224. The Labute approximate surface area is 184 Å². The number of anilines is 1. The zero-order chi connectivity index (χ0) is 21.1. The van der Waals surface area contributed by atoms with Crippen LogP contribution in [-0.2, 0) is 11.3 Å². The Hall–Kier alpha value is -3.16. The molecule has 0 fully saturated rings. The maximum Gasteiger partial charge on any atom is 0.255 e. The lowest BCUT2D eigenvalue weighted by Gasteiger charge is -2.29. The monoisotopic (exact) mass is 437 g/mol. The van der Waals surface area contributed by atoms with Crippen LogP contribution in [0.2, 0.25) is 5.02 Å². The van der Waals surface area contributed by atoms with Gasteiger partial charge < -0.3 is 16.0 Å². The molecule has 0 radical (unpaired) electrons. The second kappa shape index (κ2) is 8.69. The minimum absolute atomic E-state index is 0.224. The highest BCUT2D eigenvalue weighted by Crippen LogP contribution is 2.28. The smallest absolute Gasteiger partial charge is 0.255 e. The molecule has 0 aliphatic carbocycles. The van der Waals surface area contributed by atoms with E-state index in [0.717, 1.165) is 11.1 Å². The van der Waals surface area contributed by atoms with E-state index in [0.29, 0.717) is 33.6 Å². The number of nitrogens with one attached hydrogen (secondary N) is 3. The molecule has 1 aliphatic heterocycles. The van der Waals surface area contributed by atoms with Gasteiger partial charge in [-0.1, -0.05) is 41.9 Å². The number of benzene rings is 2. The molecular weight excluding hydrogens is 418 g/mol. The highest BCUT2D eigenvalue weighted by molar-refractivity contribution is 7.80. The molecule has 8 heteroatoms. The van der Waals surface area contributed by atoms with Crippen LogP contribution in [-0.4, -0.2) is 20.8 Å². The first kappa shape index (κ1) is 20.1. The first-order chi connectivity index (χ1) is 14.5. The van der Waals surface area contributed by atoms with E-state index in [4.69, 9.17) is 23.8 Å². The Morgan fingerprint density at radius 3 is 2.67 bits per heavy atom. The fourth-order valence-electron chi connectivity index (χ4n) is 3.36. The molecule has 0 saturated carbocycles. The van der Waals surface area contributed by atoms with Gasteiger partial charge in [-0.05, 0) is 49.0 Å². The van der Waals surface area contributed by atoms with Gasteiger partial charge in [0.25, 0.3) is 5.91 Å². The first-order valence-corrected chi connectivity index (χ1v) is 10.2. The summed E-state index contributed by atoms with van der Waals surface area (Å²) in [6.07, 6.45) is 3.69. The van der Waals surface area contributed by atoms with E-state index >= 15 is 0 Å². The number of carbonyl (C=O) groups is 1. The summed E-state index contributed by atoms with van der Waals surface area (Å²) in [6.45, 7) is 2.48. The summed E-state index contributed by atoms with van der Waals surface area (Å²) in [5, 5.41) is 14.7. The Morgan fingerprint density at radius 1 is 1.20 bits per heavy atom. The number of carbonyl (C=O) groups excluding carboxylic acids is 1. The zero-order valence-electron chi connectivity index (χ0n) is 16.2. The van der Waals surface area contributed by atoms with Gasteiger partial charge in [0.15, 0.2) is 5.11 Å². The fourth-order valence-corrected chi connectivity index (χ4v) is 3.76. The van der Waals surface area contributed by atoms with Crippen LogP contribution in [0.4, 0.5) is 5.69 Å². The molecule has 0 bridgehead atoms. The number of aromatic nitrogens is 2. The molecule has 0 spiro atoms. The lowest BCUT2D eigenvalue weighted by molar-refractivity contribution is -0.113. The Bertz CT molecular complexity index is 1110. The summed E-state index contributed by atoms with van der Waals surface area (Å²) in [7, 11) is 0. The van der Waals surface area contributed by atoms with Gasteiger partial charge in [0, 0.05) is 28.2 Å². The molecule has 0 saturated heterocycles. The van der Waals surface area contributed by atoms with E-state index in [1.54, 1.807) is 30.5 Å². The Balaban J connectivity index is 1.59. The summed E-state index contributed by atoms with van der Waals surface area (Å²) in [4.78, 5) is 13.1. The number of halogens is 1. The molecule has 1 unspecified atom stereocenters. The molecule has 4 rings (SSSR count). The lowest BCUT2D eigenvalue weighted by atomic mass is 9.97. The average Bonchev–Trinajstić information content (AvgIpc) is 3.18. The molecule has 6 nitrogen and oxygen atoms in total. The van der Waals surface area contributed by atoms with Crippen molar-refractivity contribution in [3.05, 3.63) is 94.4 Å². The number of hydrogen-bond acceptors (Lipinski definition) is 3. The molecule has 30 heavy (non-hydrogen) atoms. The normalized spacial score (nSPS) is 16.1. The van der Waals surface area contributed by atoms with Crippen molar-refractivity contribution in [3.8, 4) is 0 Å². The molecule has 2 heterocycles. The van der Waals surface area contributed by atoms with Crippen LogP contribution in [0, 0.1) is 0 Å². The van der Waals surface area contributed by atoms with Crippen LogP contribution in [0.3, 0.4) is 0 Å². The summed E-state index contributed by atoms with van der Waals surface area (Å²) in [5.41, 5.74) is 3.92. The third-order valence-corrected chi connectivity index (χ3v) is 5.26. The summed E-state index contributed by atoms with van der Waals surface area (Å²) >= 11 is 11.3. The molecule has 1 aliphatic rings. The zero-order valence-corrected chi connectivity index (χ0v) is 17.8. The molecule has 152 valence electrons. The molecule has 1 atom stereocenters. The first-order valence-electron chi connectivity index (χ1n) is 9.41. The highest BCUT2D eigenvalue weighted by atomic mass is 35.5. The lowest BCUT2D eigenvalue weighted by Crippen LogP contribution is -2.45. The van der Waals surface area contributed by atoms with Gasteiger partial charge in [0.1, 0.15) is 0 Å². The van der Waals surface area contributed by atoms with Crippen molar-refractivity contribution in [3.63, 3.8) is 0 Å². The third kappa shape index (κ3) is 4.53. The second-order valence-corrected chi connectivity index (χ2v) is 7.83. The van der Waals surface area contributed by atoms with Crippen molar-refractivity contribution in [1.29, 1.82) is 0 Å². The van der Waals surface area contributed by atoms with Crippen molar-refractivity contribution < 1.29 is 4.79 Å². The number of thiocarbonyl (C=S) groups is 1. The van der Waals surface area contributed by atoms with Gasteiger partial charge in [-0.15, -0.1) is 0 Å². The van der Waals surface area contributed by atoms with Crippen molar-refractivity contribution in [2.24, 2.45) is 0 Å². The number of rotatable bonds is 5. The molecular formula is C22H20ClN5OS. The van der Waals surface area contributed by atoms with E-state index in [1.165, 1.54) is 0 Å². The van der Waals surface area contributed by atoms with E-state index in [1.807, 2.05) is 48.1 Å². The average molecular weight is 438 g/mol. The Kier molecular flexibility index (Phi) is 5.83. The van der Waals surface area contributed by atoms with Crippen molar-refractivity contribution in [1.82, 2.24) is 20.4 Å². The number of amides is 1. The summed E-state index contributed by atoms with van der Waals surface area (Å²) in [6, 6.07) is 16.7. The largest absolute Gasteiger partial charge is 0.351 e. The fraction of sp³-hybridized carbons (Fsp3) is 0.136. The van der Waals surface area contributed by atoms with Gasteiger partial charge >= 0.3 is 0 Å². The second-order valence-electron chi connectivity index (χ2n) is 6.99. The Morgan fingerprint density at radius 2 is 1.93 bits per heavy atom. The van der Waals surface area contributed by atoms with Crippen molar-refractivity contribution in [2.45, 2.75) is 19.5 Å². The van der Waals surface area contributed by atoms with E-state index in [-0.39, 0.29) is 5.91 Å². The molecule has 3 N–H and O–H groups in total. The predicted octanol–water partition coefficient (Wildman–Crippen LogP) is 4.02. The number of hydrogen-bond donors (Lipinski definition) is 3. The van der Waals surface area contributed by atoms with E-state index < -0.39 is 6.04 Å². The topological polar surface area (TPSA) is 71.0 Å². The molecule has 3 aromatic rings. The van der Waals surface area contributed by atoms with Crippen molar-refractivity contribution >= 4 is 40.5 Å². The molecule has 1 amide bonds. The molecule has 2 aromatic carbocycles. The van der Waals surface area contributed by atoms with Gasteiger partial charge in [0.2, 0.25) is 0 Å². The standard InChI is InChI=1S/C22H20ClN5OS/c1-14-19(21(29)26-18-9-7-17(23)8-10-18)20(27-22(30)25-14)16-11-24-28(13-16)12-15-5-3-2-4-6-15/h2-11,13,20H,12H2,1H3,(H,26,29)(H2,25,27,30). The minimum Gasteiger partial charge on any atom is -0.351 e. The third-order valence-electron chi connectivity index (χ3n) is 4.79. The van der Waals surface area contributed by atoms with Gasteiger partial charge in [0.05, 0.1) is 24.4 Å². The quantitative estimate of drug-likeness (QED) is 0.526. The van der Waals surface area contributed by atoms with Crippen LogP contribution >= 0.6 is 23.8 Å². The molecule has 1 aromatic heterocycles.